The van der Waals surface area contributed by atoms with E-state index in [0.717, 1.165) is 17.6 Å². The van der Waals surface area contributed by atoms with Crippen LogP contribution in [0.5, 0.6) is 0 Å². The lowest BCUT2D eigenvalue weighted by Crippen LogP contribution is -2.06. The van der Waals surface area contributed by atoms with Gasteiger partial charge in [0.2, 0.25) is 0 Å². The zero-order valence-electron chi connectivity index (χ0n) is 6.59. The van der Waals surface area contributed by atoms with E-state index in [4.69, 9.17) is 4.84 Å². The standard InChI is InChI=1S/C9H10BrNO/c10-9-3-1-2-7(4-9)8-5-11-12-6-8/h1-4,8,11H,5-6H2. The van der Waals surface area contributed by atoms with Crippen LogP contribution in [0.25, 0.3) is 0 Å². The number of benzene rings is 1. The molecule has 0 aromatic heterocycles. The minimum absolute atomic E-state index is 0.502. The fraction of sp³-hybridized carbons (Fsp3) is 0.333. The molecule has 1 aliphatic rings. The van der Waals surface area contributed by atoms with E-state index in [1.807, 2.05) is 6.07 Å². The molecule has 1 aromatic rings. The monoisotopic (exact) mass is 227 g/mol. The van der Waals surface area contributed by atoms with Crippen molar-refractivity contribution in [1.82, 2.24) is 5.48 Å². The quantitative estimate of drug-likeness (QED) is 0.794. The van der Waals surface area contributed by atoms with E-state index < -0.39 is 0 Å². The fourth-order valence-electron chi connectivity index (χ4n) is 1.35. The average molecular weight is 228 g/mol. The third-order valence-corrected chi connectivity index (χ3v) is 2.53. The van der Waals surface area contributed by atoms with Crippen molar-refractivity contribution in [3.05, 3.63) is 34.3 Å². The summed E-state index contributed by atoms with van der Waals surface area (Å²) in [6, 6.07) is 8.36. The first kappa shape index (κ1) is 8.23. The molecule has 1 atom stereocenters. The van der Waals surface area contributed by atoms with Gasteiger partial charge in [-0.05, 0) is 17.7 Å². The van der Waals surface area contributed by atoms with E-state index in [-0.39, 0.29) is 0 Å². The lowest BCUT2D eigenvalue weighted by Gasteiger charge is -2.06. The SMILES string of the molecule is Brc1cccc(C2CNOC2)c1. The van der Waals surface area contributed by atoms with E-state index in [2.05, 4.69) is 39.6 Å². The minimum atomic E-state index is 0.502. The summed E-state index contributed by atoms with van der Waals surface area (Å²) in [6.45, 7) is 1.69. The van der Waals surface area contributed by atoms with Crippen molar-refractivity contribution < 1.29 is 4.84 Å². The summed E-state index contributed by atoms with van der Waals surface area (Å²) in [4.78, 5) is 5.09. The van der Waals surface area contributed by atoms with Crippen molar-refractivity contribution >= 4 is 15.9 Å². The lowest BCUT2D eigenvalue weighted by molar-refractivity contribution is 0.101. The van der Waals surface area contributed by atoms with Crippen LogP contribution in [0.1, 0.15) is 11.5 Å². The Balaban J connectivity index is 2.21. The Morgan fingerprint density at radius 3 is 3.08 bits per heavy atom. The van der Waals surface area contributed by atoms with Gasteiger partial charge in [0.15, 0.2) is 0 Å². The van der Waals surface area contributed by atoms with Crippen molar-refractivity contribution in [2.75, 3.05) is 13.2 Å². The zero-order chi connectivity index (χ0) is 8.39. The van der Waals surface area contributed by atoms with Crippen LogP contribution in [0.15, 0.2) is 28.7 Å². The summed E-state index contributed by atoms with van der Waals surface area (Å²) in [5, 5.41) is 0. The molecule has 0 bridgehead atoms. The third-order valence-electron chi connectivity index (χ3n) is 2.04. The van der Waals surface area contributed by atoms with Crippen LogP contribution >= 0.6 is 15.9 Å². The van der Waals surface area contributed by atoms with Crippen molar-refractivity contribution in [1.29, 1.82) is 0 Å². The fourth-order valence-corrected chi connectivity index (χ4v) is 1.77. The molecule has 12 heavy (non-hydrogen) atoms. The number of nitrogens with one attached hydrogen (secondary N) is 1. The van der Waals surface area contributed by atoms with Crippen molar-refractivity contribution in [3.8, 4) is 0 Å². The molecule has 0 spiro atoms. The molecule has 2 rings (SSSR count). The molecule has 1 unspecified atom stereocenters. The molecular weight excluding hydrogens is 218 g/mol. The average Bonchev–Trinajstić information content (AvgIpc) is 2.56. The normalized spacial score (nSPS) is 22.9. The second-order valence-electron chi connectivity index (χ2n) is 2.91. The first-order valence-corrected chi connectivity index (χ1v) is 4.75. The third kappa shape index (κ3) is 1.68. The number of rotatable bonds is 1. The molecule has 1 N–H and O–H groups in total. The smallest absolute Gasteiger partial charge is 0.0763 e. The van der Waals surface area contributed by atoms with Gasteiger partial charge < -0.3 is 4.84 Å². The van der Waals surface area contributed by atoms with Gasteiger partial charge in [0, 0.05) is 16.9 Å². The summed E-state index contributed by atoms with van der Waals surface area (Å²) in [6.07, 6.45) is 0. The number of hydroxylamine groups is 1. The highest BCUT2D eigenvalue weighted by molar-refractivity contribution is 9.10. The zero-order valence-corrected chi connectivity index (χ0v) is 8.17. The van der Waals surface area contributed by atoms with Crippen LogP contribution < -0.4 is 5.48 Å². The van der Waals surface area contributed by atoms with Gasteiger partial charge in [-0.2, -0.15) is 0 Å². The number of hydrogen-bond acceptors (Lipinski definition) is 2. The van der Waals surface area contributed by atoms with Gasteiger partial charge in [0.1, 0.15) is 0 Å². The van der Waals surface area contributed by atoms with Crippen molar-refractivity contribution in [2.45, 2.75) is 5.92 Å². The Hall–Kier alpha value is -0.380. The van der Waals surface area contributed by atoms with Crippen LogP contribution in [0.3, 0.4) is 0 Å². The largest absolute Gasteiger partial charge is 0.301 e. The maximum atomic E-state index is 5.09. The molecule has 1 aliphatic heterocycles. The van der Waals surface area contributed by atoms with Crippen molar-refractivity contribution in [2.24, 2.45) is 0 Å². The molecule has 1 aromatic carbocycles. The maximum Gasteiger partial charge on any atom is 0.0763 e. The Morgan fingerprint density at radius 1 is 1.50 bits per heavy atom. The summed E-state index contributed by atoms with van der Waals surface area (Å²) >= 11 is 3.45. The van der Waals surface area contributed by atoms with Gasteiger partial charge >= 0.3 is 0 Å². The number of hydrogen-bond donors (Lipinski definition) is 1. The second kappa shape index (κ2) is 3.56. The molecule has 0 radical (unpaired) electrons. The molecule has 64 valence electrons. The summed E-state index contributed by atoms with van der Waals surface area (Å²) < 4.78 is 1.13. The molecule has 1 saturated heterocycles. The van der Waals surface area contributed by atoms with Crippen LogP contribution in [0, 0.1) is 0 Å². The summed E-state index contributed by atoms with van der Waals surface area (Å²) in [7, 11) is 0. The Morgan fingerprint density at radius 2 is 2.42 bits per heavy atom. The summed E-state index contributed by atoms with van der Waals surface area (Å²) in [5.74, 6) is 0.502. The molecule has 2 nitrogen and oxygen atoms in total. The first-order valence-electron chi connectivity index (χ1n) is 3.96. The molecule has 3 heteroatoms. The lowest BCUT2D eigenvalue weighted by atomic mass is 10.0. The van der Waals surface area contributed by atoms with E-state index >= 15 is 0 Å². The Kier molecular flexibility index (Phi) is 2.44. The van der Waals surface area contributed by atoms with Crippen LogP contribution in [-0.2, 0) is 4.84 Å². The van der Waals surface area contributed by atoms with Crippen LogP contribution in [-0.4, -0.2) is 13.2 Å². The van der Waals surface area contributed by atoms with E-state index in [1.54, 1.807) is 0 Å². The Labute approximate surface area is 80.0 Å². The maximum absolute atomic E-state index is 5.09. The molecule has 0 aliphatic carbocycles. The highest BCUT2D eigenvalue weighted by atomic mass is 79.9. The Bertz CT molecular complexity index is 271. The predicted molar refractivity (Wildman–Crippen MR) is 50.8 cm³/mol. The van der Waals surface area contributed by atoms with Crippen LogP contribution in [0.4, 0.5) is 0 Å². The molecular formula is C9H10BrNO. The van der Waals surface area contributed by atoms with Gasteiger partial charge in [-0.3, -0.25) is 0 Å². The topological polar surface area (TPSA) is 21.3 Å². The molecule has 0 amide bonds. The minimum Gasteiger partial charge on any atom is -0.301 e. The predicted octanol–water partition coefficient (Wildman–Crippen LogP) is 2.07. The van der Waals surface area contributed by atoms with Gasteiger partial charge in [-0.15, -0.1) is 0 Å². The van der Waals surface area contributed by atoms with E-state index in [9.17, 15) is 0 Å². The van der Waals surface area contributed by atoms with Gasteiger partial charge in [-0.25, -0.2) is 5.48 Å². The highest BCUT2D eigenvalue weighted by Crippen LogP contribution is 2.21. The van der Waals surface area contributed by atoms with Crippen LogP contribution in [0.2, 0.25) is 0 Å². The number of halogens is 1. The van der Waals surface area contributed by atoms with Gasteiger partial charge in [0.25, 0.3) is 0 Å². The van der Waals surface area contributed by atoms with Gasteiger partial charge in [-0.1, -0.05) is 28.1 Å². The molecule has 0 saturated carbocycles. The first-order chi connectivity index (χ1) is 5.86. The second-order valence-corrected chi connectivity index (χ2v) is 3.83. The van der Waals surface area contributed by atoms with E-state index in [0.29, 0.717) is 5.92 Å². The molecule has 1 fully saturated rings. The van der Waals surface area contributed by atoms with Crippen molar-refractivity contribution in [3.63, 3.8) is 0 Å². The van der Waals surface area contributed by atoms with E-state index in [1.165, 1.54) is 5.56 Å². The highest BCUT2D eigenvalue weighted by Gasteiger charge is 2.17. The molecule has 1 heterocycles. The summed E-state index contributed by atoms with van der Waals surface area (Å²) in [5.41, 5.74) is 4.20. The van der Waals surface area contributed by atoms with Gasteiger partial charge in [0.05, 0.1) is 6.61 Å².